The lowest BCUT2D eigenvalue weighted by Gasteiger charge is -2.03. The summed E-state index contributed by atoms with van der Waals surface area (Å²) >= 11 is 0. The van der Waals surface area contributed by atoms with Crippen LogP contribution in [0.2, 0.25) is 0 Å². The second-order valence-corrected chi connectivity index (χ2v) is 5.52. The molecule has 26 heavy (non-hydrogen) atoms. The van der Waals surface area contributed by atoms with Crippen molar-refractivity contribution in [1.82, 2.24) is 10.2 Å². The summed E-state index contributed by atoms with van der Waals surface area (Å²) in [5.74, 6) is 0.791. The summed E-state index contributed by atoms with van der Waals surface area (Å²) in [5.41, 5.74) is 2.77. The molecule has 0 atom stereocenters. The number of phenolic OH excluding ortho intramolecular Hbond substituents is 1. The van der Waals surface area contributed by atoms with Crippen molar-refractivity contribution in [3.8, 4) is 28.5 Å². The molecule has 6 nitrogen and oxygen atoms in total. The molecule has 0 aliphatic heterocycles. The van der Waals surface area contributed by atoms with E-state index in [9.17, 15) is 9.90 Å². The quantitative estimate of drug-likeness (QED) is 0.523. The van der Waals surface area contributed by atoms with Crippen LogP contribution >= 0.6 is 0 Å². The van der Waals surface area contributed by atoms with E-state index in [0.717, 1.165) is 17.0 Å². The van der Waals surface area contributed by atoms with Gasteiger partial charge in [-0.1, -0.05) is 0 Å². The van der Waals surface area contributed by atoms with Crippen LogP contribution in [0.5, 0.6) is 17.2 Å². The van der Waals surface area contributed by atoms with E-state index in [4.69, 9.17) is 9.47 Å². The van der Waals surface area contributed by atoms with Crippen LogP contribution in [0.4, 0.5) is 0 Å². The summed E-state index contributed by atoms with van der Waals surface area (Å²) in [6.07, 6.45) is 3.07. The number of ketones is 1. The number of H-pyrrole nitrogens is 1. The Balaban J connectivity index is 1.73. The van der Waals surface area contributed by atoms with Crippen molar-refractivity contribution in [2.45, 2.75) is 0 Å². The SMILES string of the molecule is COc1ccc(-c2cc(/C=C/C(=O)c3ccc(OC)c(O)c3)[nH]n2)cc1. The van der Waals surface area contributed by atoms with E-state index < -0.39 is 0 Å². The standard InChI is InChI=1S/C20H18N2O4/c1-25-16-7-3-13(4-8-16)17-12-15(21-22-17)6-9-18(23)14-5-10-20(26-2)19(24)11-14/h3-12,24H,1-2H3,(H,21,22)/b9-6+. The summed E-state index contributed by atoms with van der Waals surface area (Å²) in [6.45, 7) is 0. The second kappa shape index (κ2) is 7.57. The van der Waals surface area contributed by atoms with Gasteiger partial charge in [-0.2, -0.15) is 5.10 Å². The topological polar surface area (TPSA) is 84.4 Å². The molecule has 0 spiro atoms. The smallest absolute Gasteiger partial charge is 0.186 e. The Bertz CT molecular complexity index is 943. The number of rotatable bonds is 6. The van der Waals surface area contributed by atoms with Gasteiger partial charge in [-0.25, -0.2) is 0 Å². The second-order valence-electron chi connectivity index (χ2n) is 5.52. The molecule has 0 bridgehead atoms. The number of nitrogens with one attached hydrogen (secondary N) is 1. The Morgan fingerprint density at radius 1 is 1.08 bits per heavy atom. The molecular weight excluding hydrogens is 332 g/mol. The van der Waals surface area contributed by atoms with Crippen LogP contribution in [0, 0.1) is 0 Å². The Kier molecular flexibility index (Phi) is 5.03. The van der Waals surface area contributed by atoms with Crippen molar-refractivity contribution < 1.29 is 19.4 Å². The average molecular weight is 350 g/mol. The lowest BCUT2D eigenvalue weighted by Crippen LogP contribution is -1.94. The zero-order chi connectivity index (χ0) is 18.5. The maximum Gasteiger partial charge on any atom is 0.186 e. The number of nitrogens with zero attached hydrogens (tertiary/aromatic N) is 1. The number of phenols is 1. The molecule has 2 aromatic carbocycles. The third kappa shape index (κ3) is 3.75. The number of methoxy groups -OCH3 is 2. The lowest BCUT2D eigenvalue weighted by atomic mass is 10.1. The first-order valence-corrected chi connectivity index (χ1v) is 7.90. The average Bonchev–Trinajstić information content (AvgIpc) is 3.15. The Morgan fingerprint density at radius 2 is 1.85 bits per heavy atom. The minimum Gasteiger partial charge on any atom is -0.504 e. The van der Waals surface area contributed by atoms with Crippen LogP contribution < -0.4 is 9.47 Å². The maximum atomic E-state index is 12.2. The number of hydrogen-bond donors (Lipinski definition) is 2. The fraction of sp³-hybridized carbons (Fsp3) is 0.100. The highest BCUT2D eigenvalue weighted by molar-refractivity contribution is 6.07. The molecule has 1 aromatic heterocycles. The molecule has 0 aliphatic rings. The third-order valence-corrected chi connectivity index (χ3v) is 3.86. The van der Waals surface area contributed by atoms with Crippen LogP contribution in [0.3, 0.4) is 0 Å². The van der Waals surface area contributed by atoms with Gasteiger partial charge in [-0.15, -0.1) is 0 Å². The highest BCUT2D eigenvalue weighted by Gasteiger charge is 2.08. The van der Waals surface area contributed by atoms with E-state index in [1.165, 1.54) is 19.3 Å². The normalized spacial score (nSPS) is 10.8. The van der Waals surface area contributed by atoms with Gasteiger partial charge in [0.25, 0.3) is 0 Å². The van der Waals surface area contributed by atoms with Gasteiger partial charge >= 0.3 is 0 Å². The minimum atomic E-state index is -0.233. The summed E-state index contributed by atoms with van der Waals surface area (Å²) in [4.78, 5) is 12.2. The number of ether oxygens (including phenoxy) is 2. The van der Waals surface area contributed by atoms with Crippen molar-refractivity contribution in [3.63, 3.8) is 0 Å². The van der Waals surface area contributed by atoms with Gasteiger partial charge < -0.3 is 14.6 Å². The first kappa shape index (κ1) is 17.3. The summed E-state index contributed by atoms with van der Waals surface area (Å²) in [6, 6.07) is 13.9. The summed E-state index contributed by atoms with van der Waals surface area (Å²) in [7, 11) is 3.07. The fourth-order valence-electron chi connectivity index (χ4n) is 2.44. The molecule has 0 saturated carbocycles. The van der Waals surface area contributed by atoms with Gasteiger partial charge in [0.15, 0.2) is 17.3 Å². The van der Waals surface area contributed by atoms with Crippen LogP contribution in [-0.4, -0.2) is 35.3 Å². The number of carbonyl (C=O) groups is 1. The van der Waals surface area contributed by atoms with Crippen LogP contribution in [0.25, 0.3) is 17.3 Å². The number of allylic oxidation sites excluding steroid dienone is 1. The van der Waals surface area contributed by atoms with E-state index in [1.54, 1.807) is 25.3 Å². The number of carbonyl (C=O) groups excluding carboxylic acids is 1. The molecule has 0 amide bonds. The van der Waals surface area contributed by atoms with Gasteiger partial charge in [-0.05, 0) is 60.7 Å². The van der Waals surface area contributed by atoms with E-state index in [1.807, 2.05) is 30.3 Å². The Morgan fingerprint density at radius 3 is 2.50 bits per heavy atom. The first-order valence-electron chi connectivity index (χ1n) is 7.90. The van der Waals surface area contributed by atoms with E-state index in [-0.39, 0.29) is 11.5 Å². The van der Waals surface area contributed by atoms with Gasteiger partial charge in [-0.3, -0.25) is 9.89 Å². The predicted octanol–water partition coefficient (Wildman–Crippen LogP) is 3.70. The highest BCUT2D eigenvalue weighted by Crippen LogP contribution is 2.26. The molecule has 2 N–H and O–H groups in total. The van der Waals surface area contributed by atoms with Crippen LogP contribution in [0.1, 0.15) is 16.1 Å². The molecule has 3 rings (SSSR count). The third-order valence-electron chi connectivity index (χ3n) is 3.86. The van der Waals surface area contributed by atoms with Gasteiger partial charge in [0, 0.05) is 11.1 Å². The molecule has 132 valence electrons. The van der Waals surface area contributed by atoms with Crippen molar-refractivity contribution in [2.24, 2.45) is 0 Å². The van der Waals surface area contributed by atoms with Gasteiger partial charge in [0.1, 0.15) is 5.75 Å². The molecule has 0 unspecified atom stereocenters. The summed E-state index contributed by atoms with van der Waals surface area (Å²) in [5, 5.41) is 16.9. The molecule has 1 heterocycles. The van der Waals surface area contributed by atoms with Crippen molar-refractivity contribution in [1.29, 1.82) is 0 Å². The Labute approximate surface area is 150 Å². The van der Waals surface area contributed by atoms with Crippen molar-refractivity contribution in [3.05, 3.63) is 65.9 Å². The maximum absolute atomic E-state index is 12.2. The predicted molar refractivity (Wildman–Crippen MR) is 98.6 cm³/mol. The lowest BCUT2D eigenvalue weighted by molar-refractivity contribution is 0.104. The first-order chi connectivity index (χ1) is 12.6. The molecule has 0 aliphatic carbocycles. The largest absolute Gasteiger partial charge is 0.504 e. The van der Waals surface area contributed by atoms with Gasteiger partial charge in [0.05, 0.1) is 25.6 Å². The van der Waals surface area contributed by atoms with Crippen molar-refractivity contribution >= 4 is 11.9 Å². The molecule has 0 saturated heterocycles. The number of aromatic nitrogens is 2. The van der Waals surface area contributed by atoms with Crippen LogP contribution in [-0.2, 0) is 0 Å². The minimum absolute atomic E-state index is 0.0740. The molecule has 0 fully saturated rings. The number of hydrogen-bond acceptors (Lipinski definition) is 5. The highest BCUT2D eigenvalue weighted by atomic mass is 16.5. The van der Waals surface area contributed by atoms with Crippen molar-refractivity contribution in [2.75, 3.05) is 14.2 Å². The Hall–Kier alpha value is -3.54. The number of aromatic amines is 1. The number of benzene rings is 2. The summed E-state index contributed by atoms with van der Waals surface area (Å²) < 4.78 is 10.1. The molecule has 0 radical (unpaired) electrons. The molecular formula is C20H18N2O4. The van der Waals surface area contributed by atoms with E-state index in [0.29, 0.717) is 17.0 Å². The van der Waals surface area contributed by atoms with E-state index >= 15 is 0 Å². The zero-order valence-electron chi connectivity index (χ0n) is 14.4. The van der Waals surface area contributed by atoms with E-state index in [2.05, 4.69) is 10.2 Å². The fourth-order valence-corrected chi connectivity index (χ4v) is 2.44. The molecule has 3 aromatic rings. The monoisotopic (exact) mass is 350 g/mol. The van der Waals surface area contributed by atoms with Crippen LogP contribution in [0.15, 0.2) is 54.6 Å². The zero-order valence-corrected chi connectivity index (χ0v) is 14.4. The number of aromatic hydroxyl groups is 1. The van der Waals surface area contributed by atoms with Gasteiger partial charge in [0.2, 0.25) is 0 Å². The molecule has 6 heteroatoms.